The Labute approximate surface area is 116 Å². The standard InChI is InChI=1S/C14H14ClN3O/c1-18(10-4-2-9(15)3-5-10)14-13-11(16-8-17-14)6-7-12(13)19/h2-5,8,12,19H,6-7H2,1H3. The minimum Gasteiger partial charge on any atom is -0.388 e. The van der Waals surface area contributed by atoms with Crippen molar-refractivity contribution in [3.8, 4) is 0 Å². The van der Waals surface area contributed by atoms with Gasteiger partial charge in [0.1, 0.15) is 12.1 Å². The number of halogens is 1. The van der Waals surface area contributed by atoms with E-state index < -0.39 is 6.10 Å². The molecule has 1 heterocycles. The molecule has 0 amide bonds. The second-order valence-corrected chi connectivity index (χ2v) is 5.08. The number of fused-ring (bicyclic) bond motifs is 1. The van der Waals surface area contributed by atoms with Crippen LogP contribution in [0.3, 0.4) is 0 Å². The normalized spacial score (nSPS) is 17.3. The van der Waals surface area contributed by atoms with E-state index in [1.54, 1.807) is 6.33 Å². The van der Waals surface area contributed by atoms with Crippen molar-refractivity contribution in [3.63, 3.8) is 0 Å². The van der Waals surface area contributed by atoms with Gasteiger partial charge in [-0.1, -0.05) is 11.6 Å². The molecule has 1 atom stereocenters. The van der Waals surface area contributed by atoms with Gasteiger partial charge in [0.15, 0.2) is 0 Å². The summed E-state index contributed by atoms with van der Waals surface area (Å²) in [5, 5.41) is 10.8. The van der Waals surface area contributed by atoms with Gasteiger partial charge in [-0.25, -0.2) is 9.97 Å². The van der Waals surface area contributed by atoms with Crippen molar-refractivity contribution in [1.82, 2.24) is 9.97 Å². The van der Waals surface area contributed by atoms with Crippen LogP contribution >= 0.6 is 11.6 Å². The predicted molar refractivity (Wildman–Crippen MR) is 74.8 cm³/mol. The van der Waals surface area contributed by atoms with Gasteiger partial charge in [-0.3, -0.25) is 0 Å². The van der Waals surface area contributed by atoms with Crippen LogP contribution < -0.4 is 4.90 Å². The van der Waals surface area contributed by atoms with Crippen LogP contribution in [0.5, 0.6) is 0 Å². The molecule has 1 unspecified atom stereocenters. The third-order valence-electron chi connectivity index (χ3n) is 3.46. The molecule has 1 aromatic heterocycles. The largest absolute Gasteiger partial charge is 0.388 e. The zero-order valence-electron chi connectivity index (χ0n) is 10.5. The van der Waals surface area contributed by atoms with Gasteiger partial charge < -0.3 is 10.0 Å². The highest BCUT2D eigenvalue weighted by Gasteiger charge is 2.27. The smallest absolute Gasteiger partial charge is 0.142 e. The maximum absolute atomic E-state index is 10.1. The molecule has 0 radical (unpaired) electrons. The molecule has 5 heteroatoms. The first-order valence-electron chi connectivity index (χ1n) is 6.18. The predicted octanol–water partition coefficient (Wildman–Crippen LogP) is 2.88. The molecule has 1 aliphatic rings. The topological polar surface area (TPSA) is 49.2 Å². The fourth-order valence-electron chi connectivity index (χ4n) is 2.43. The zero-order chi connectivity index (χ0) is 13.4. The molecule has 0 fully saturated rings. The molecule has 1 aliphatic carbocycles. The van der Waals surface area contributed by atoms with Crippen LogP contribution in [0.2, 0.25) is 5.02 Å². The highest BCUT2D eigenvalue weighted by molar-refractivity contribution is 6.30. The van der Waals surface area contributed by atoms with E-state index in [1.165, 1.54) is 0 Å². The Morgan fingerprint density at radius 3 is 2.74 bits per heavy atom. The van der Waals surface area contributed by atoms with Gasteiger partial charge in [-0.05, 0) is 37.1 Å². The number of aliphatic hydroxyl groups is 1. The van der Waals surface area contributed by atoms with Crippen LogP contribution in [0.4, 0.5) is 11.5 Å². The number of hydrogen-bond donors (Lipinski definition) is 1. The van der Waals surface area contributed by atoms with Gasteiger partial charge in [0.2, 0.25) is 0 Å². The van der Waals surface area contributed by atoms with Gasteiger partial charge >= 0.3 is 0 Å². The molecule has 0 aliphatic heterocycles. The Morgan fingerprint density at radius 2 is 2.00 bits per heavy atom. The average Bonchev–Trinajstić information content (AvgIpc) is 2.81. The molecule has 0 saturated heterocycles. The molecule has 0 bridgehead atoms. The van der Waals surface area contributed by atoms with Crippen molar-refractivity contribution in [2.75, 3.05) is 11.9 Å². The van der Waals surface area contributed by atoms with Crippen molar-refractivity contribution in [2.45, 2.75) is 18.9 Å². The fraction of sp³-hybridized carbons (Fsp3) is 0.286. The molecule has 19 heavy (non-hydrogen) atoms. The van der Waals surface area contributed by atoms with Crippen molar-refractivity contribution in [2.24, 2.45) is 0 Å². The molecule has 2 aromatic rings. The summed E-state index contributed by atoms with van der Waals surface area (Å²) in [6.45, 7) is 0. The van der Waals surface area contributed by atoms with Crippen molar-refractivity contribution in [1.29, 1.82) is 0 Å². The summed E-state index contributed by atoms with van der Waals surface area (Å²) in [6, 6.07) is 7.53. The Balaban J connectivity index is 2.03. The molecule has 4 nitrogen and oxygen atoms in total. The number of aryl methyl sites for hydroxylation is 1. The monoisotopic (exact) mass is 275 g/mol. The summed E-state index contributed by atoms with van der Waals surface area (Å²) < 4.78 is 0. The van der Waals surface area contributed by atoms with Gasteiger partial charge in [0.25, 0.3) is 0 Å². The number of hydrogen-bond acceptors (Lipinski definition) is 4. The lowest BCUT2D eigenvalue weighted by Crippen LogP contribution is -2.15. The van der Waals surface area contributed by atoms with Gasteiger partial charge in [-0.2, -0.15) is 0 Å². The third-order valence-corrected chi connectivity index (χ3v) is 3.72. The van der Waals surface area contributed by atoms with Crippen molar-refractivity contribution >= 4 is 23.1 Å². The highest BCUT2D eigenvalue weighted by atomic mass is 35.5. The second kappa shape index (κ2) is 4.79. The SMILES string of the molecule is CN(c1ccc(Cl)cc1)c1ncnc2c1C(O)CC2. The van der Waals surface area contributed by atoms with E-state index in [4.69, 9.17) is 11.6 Å². The number of aromatic nitrogens is 2. The summed E-state index contributed by atoms with van der Waals surface area (Å²) in [5.41, 5.74) is 2.77. The van der Waals surface area contributed by atoms with Crippen LogP contribution in [-0.2, 0) is 6.42 Å². The molecule has 98 valence electrons. The number of aliphatic hydroxyl groups excluding tert-OH is 1. The van der Waals surface area contributed by atoms with Crippen LogP contribution in [0.1, 0.15) is 23.8 Å². The first kappa shape index (κ1) is 12.4. The zero-order valence-corrected chi connectivity index (χ0v) is 11.3. The number of nitrogens with zero attached hydrogens (tertiary/aromatic N) is 3. The van der Waals surface area contributed by atoms with Crippen molar-refractivity contribution in [3.05, 3.63) is 46.9 Å². The Hall–Kier alpha value is -1.65. The average molecular weight is 276 g/mol. The van der Waals surface area contributed by atoms with Gasteiger partial charge in [0, 0.05) is 23.3 Å². The lowest BCUT2D eigenvalue weighted by molar-refractivity contribution is 0.180. The minimum absolute atomic E-state index is 0.471. The van der Waals surface area contributed by atoms with E-state index in [0.717, 1.165) is 35.6 Å². The Kier molecular flexibility index (Phi) is 3.12. The molecule has 0 saturated carbocycles. The first-order valence-corrected chi connectivity index (χ1v) is 6.56. The molecule has 1 aromatic carbocycles. The van der Waals surface area contributed by atoms with E-state index in [-0.39, 0.29) is 0 Å². The summed E-state index contributed by atoms with van der Waals surface area (Å²) in [6.07, 6.45) is 2.61. The quantitative estimate of drug-likeness (QED) is 0.916. The van der Waals surface area contributed by atoms with Crippen LogP contribution in [0, 0.1) is 0 Å². The maximum atomic E-state index is 10.1. The summed E-state index contributed by atoms with van der Waals surface area (Å²) in [7, 11) is 1.93. The van der Waals surface area contributed by atoms with Crippen LogP contribution in [0.15, 0.2) is 30.6 Å². The fourth-order valence-corrected chi connectivity index (χ4v) is 2.56. The number of benzene rings is 1. The van der Waals surface area contributed by atoms with Crippen LogP contribution in [0.25, 0.3) is 0 Å². The highest BCUT2D eigenvalue weighted by Crippen LogP contribution is 2.37. The summed E-state index contributed by atoms with van der Waals surface area (Å²) in [5.74, 6) is 0.761. The van der Waals surface area contributed by atoms with E-state index >= 15 is 0 Å². The van der Waals surface area contributed by atoms with E-state index in [9.17, 15) is 5.11 Å². The maximum Gasteiger partial charge on any atom is 0.142 e. The van der Waals surface area contributed by atoms with E-state index in [2.05, 4.69) is 9.97 Å². The molecular weight excluding hydrogens is 262 g/mol. The van der Waals surface area contributed by atoms with E-state index in [0.29, 0.717) is 5.02 Å². The first-order chi connectivity index (χ1) is 9.16. The summed E-state index contributed by atoms with van der Waals surface area (Å²) in [4.78, 5) is 10.5. The molecule has 3 rings (SSSR count). The molecule has 1 N–H and O–H groups in total. The summed E-state index contributed by atoms with van der Waals surface area (Å²) >= 11 is 5.90. The van der Waals surface area contributed by atoms with Gasteiger partial charge in [0.05, 0.1) is 11.8 Å². The minimum atomic E-state index is -0.471. The molecule has 0 spiro atoms. The van der Waals surface area contributed by atoms with Gasteiger partial charge in [-0.15, -0.1) is 0 Å². The van der Waals surface area contributed by atoms with Crippen LogP contribution in [-0.4, -0.2) is 22.1 Å². The van der Waals surface area contributed by atoms with E-state index in [1.807, 2.05) is 36.2 Å². The third kappa shape index (κ3) is 2.17. The lowest BCUT2D eigenvalue weighted by atomic mass is 10.2. The molecular formula is C14H14ClN3O. The number of rotatable bonds is 2. The van der Waals surface area contributed by atoms with Crippen molar-refractivity contribution < 1.29 is 5.11 Å². The second-order valence-electron chi connectivity index (χ2n) is 4.65. The Bertz CT molecular complexity index is 600. The lowest BCUT2D eigenvalue weighted by Gasteiger charge is -2.21. The Morgan fingerprint density at radius 1 is 1.26 bits per heavy atom. The number of anilines is 2.